The summed E-state index contributed by atoms with van der Waals surface area (Å²) < 4.78 is 39.1. The predicted octanol–water partition coefficient (Wildman–Crippen LogP) is 2.19. The molecule has 12 nitrogen and oxygen atoms in total. The number of aryl methyl sites for hydroxylation is 1. The smallest absolute Gasteiger partial charge is 0.341 e. The third kappa shape index (κ3) is 5.97. The number of methoxy groups -OCH3 is 1. The number of piperazine rings is 1. The van der Waals surface area contributed by atoms with Gasteiger partial charge in [0.1, 0.15) is 5.58 Å². The minimum atomic E-state index is -4.12. The first kappa shape index (κ1) is 32.6. The van der Waals surface area contributed by atoms with E-state index in [2.05, 4.69) is 22.9 Å². The normalized spacial score (nSPS) is 17.7. The Bertz CT molecular complexity index is 1820. The Morgan fingerprint density at radius 2 is 1.87 bits per heavy atom. The highest BCUT2D eigenvalue weighted by Gasteiger charge is 2.32. The van der Waals surface area contributed by atoms with Crippen molar-refractivity contribution in [3.63, 3.8) is 0 Å². The number of hydrogen-bond donors (Lipinski definition) is 1. The molecular formula is C32H41N5O7S. The average molecular weight is 640 g/mol. The molecule has 3 aromatic rings. The van der Waals surface area contributed by atoms with Crippen LogP contribution in [0.2, 0.25) is 0 Å². The number of sulfonamides is 1. The highest BCUT2D eigenvalue weighted by Crippen LogP contribution is 2.34. The molecule has 0 unspecified atom stereocenters. The molecule has 2 amide bonds. The lowest BCUT2D eigenvalue weighted by atomic mass is 9.95. The Labute approximate surface area is 263 Å². The second kappa shape index (κ2) is 12.5. The Hall–Kier alpha value is -3.78. The van der Waals surface area contributed by atoms with E-state index < -0.39 is 33.5 Å². The molecule has 2 N–H and O–H groups in total. The SMILES string of the molecule is COC[C@H]1CN(c2ccc3c4c(c(=O)oc3c2C)CN(C(=O)c2ccc(C(N)=O)c(S(=O)(=O)N(C)C(C)C)c2)CC4)CCN1C. The van der Waals surface area contributed by atoms with Crippen LogP contribution in [0, 0.1) is 6.92 Å². The predicted molar refractivity (Wildman–Crippen MR) is 171 cm³/mol. The number of nitrogens with two attached hydrogens (primary N) is 1. The second-order valence-corrected chi connectivity index (χ2v) is 14.1. The molecule has 1 aromatic heterocycles. The van der Waals surface area contributed by atoms with Crippen LogP contribution in [0.4, 0.5) is 5.69 Å². The zero-order valence-electron chi connectivity index (χ0n) is 26.6. The summed E-state index contributed by atoms with van der Waals surface area (Å²) in [6, 6.07) is 7.75. The Balaban J connectivity index is 1.46. The van der Waals surface area contributed by atoms with Crippen molar-refractivity contribution in [2.45, 2.75) is 50.7 Å². The van der Waals surface area contributed by atoms with E-state index in [4.69, 9.17) is 14.9 Å². The molecule has 242 valence electrons. The van der Waals surface area contributed by atoms with E-state index in [1.165, 1.54) is 30.1 Å². The third-order valence-electron chi connectivity index (χ3n) is 9.13. The van der Waals surface area contributed by atoms with Crippen LogP contribution in [-0.4, -0.2) is 100 Å². The lowest BCUT2D eigenvalue weighted by Gasteiger charge is -2.41. The number of rotatable bonds is 8. The van der Waals surface area contributed by atoms with Gasteiger partial charge in [0.2, 0.25) is 15.9 Å². The lowest BCUT2D eigenvalue weighted by Crippen LogP contribution is -2.53. The van der Waals surface area contributed by atoms with Crippen molar-refractivity contribution in [2.75, 3.05) is 58.9 Å². The van der Waals surface area contributed by atoms with E-state index in [-0.39, 0.29) is 28.6 Å². The van der Waals surface area contributed by atoms with Crippen molar-refractivity contribution in [2.24, 2.45) is 5.73 Å². The molecule has 5 rings (SSSR count). The molecule has 0 radical (unpaired) electrons. The number of ether oxygens (including phenoxy) is 1. The summed E-state index contributed by atoms with van der Waals surface area (Å²) in [5.74, 6) is -1.38. The van der Waals surface area contributed by atoms with Crippen molar-refractivity contribution >= 4 is 38.5 Å². The summed E-state index contributed by atoms with van der Waals surface area (Å²) in [6.45, 7) is 8.83. The first-order chi connectivity index (χ1) is 21.3. The van der Waals surface area contributed by atoms with Crippen LogP contribution in [-0.2, 0) is 27.7 Å². The van der Waals surface area contributed by atoms with Crippen molar-refractivity contribution < 1.29 is 27.2 Å². The van der Waals surface area contributed by atoms with Crippen molar-refractivity contribution in [3.05, 3.63) is 68.6 Å². The molecule has 13 heteroatoms. The number of primary amides is 1. The number of benzene rings is 2. The van der Waals surface area contributed by atoms with Crippen LogP contribution in [0.1, 0.15) is 51.3 Å². The summed E-state index contributed by atoms with van der Waals surface area (Å²) in [5.41, 5.74) is 8.55. The molecule has 1 atom stereocenters. The van der Waals surface area contributed by atoms with Crippen LogP contribution in [0.5, 0.6) is 0 Å². The first-order valence-corrected chi connectivity index (χ1v) is 16.4. The fourth-order valence-corrected chi connectivity index (χ4v) is 7.78. The molecule has 2 aromatic carbocycles. The molecule has 2 aliphatic heterocycles. The van der Waals surface area contributed by atoms with Gasteiger partial charge in [-0.3, -0.25) is 14.5 Å². The van der Waals surface area contributed by atoms with Crippen molar-refractivity contribution in [1.29, 1.82) is 0 Å². The van der Waals surface area contributed by atoms with Crippen LogP contribution in [0.3, 0.4) is 0 Å². The summed E-state index contributed by atoms with van der Waals surface area (Å²) >= 11 is 0. The molecule has 45 heavy (non-hydrogen) atoms. The summed E-state index contributed by atoms with van der Waals surface area (Å²) in [7, 11) is 1.08. The number of nitrogens with zero attached hydrogens (tertiary/aromatic N) is 4. The number of fused-ring (bicyclic) bond motifs is 3. The van der Waals surface area contributed by atoms with Gasteiger partial charge in [0.25, 0.3) is 5.91 Å². The lowest BCUT2D eigenvalue weighted by molar-refractivity contribution is 0.0732. The van der Waals surface area contributed by atoms with Gasteiger partial charge >= 0.3 is 5.63 Å². The van der Waals surface area contributed by atoms with Crippen molar-refractivity contribution in [3.8, 4) is 0 Å². The maximum atomic E-state index is 13.7. The molecule has 0 bridgehead atoms. The van der Waals surface area contributed by atoms with Crippen LogP contribution < -0.4 is 16.3 Å². The molecule has 0 saturated carbocycles. The Morgan fingerprint density at radius 3 is 2.53 bits per heavy atom. The van der Waals surface area contributed by atoms with Gasteiger partial charge in [-0.25, -0.2) is 13.2 Å². The van der Waals surface area contributed by atoms with E-state index in [0.29, 0.717) is 30.7 Å². The van der Waals surface area contributed by atoms with Gasteiger partial charge in [0, 0.05) is 68.6 Å². The zero-order valence-corrected chi connectivity index (χ0v) is 27.4. The second-order valence-electron chi connectivity index (χ2n) is 12.1. The van der Waals surface area contributed by atoms with Crippen LogP contribution >= 0.6 is 0 Å². The number of hydrogen-bond acceptors (Lipinski definition) is 9. The first-order valence-electron chi connectivity index (χ1n) is 15.0. The maximum Gasteiger partial charge on any atom is 0.341 e. The van der Waals surface area contributed by atoms with Gasteiger partial charge in [-0.15, -0.1) is 0 Å². The van der Waals surface area contributed by atoms with Gasteiger partial charge in [-0.05, 0) is 70.1 Å². The van der Waals surface area contributed by atoms with Crippen LogP contribution in [0.15, 0.2) is 44.4 Å². The molecular weight excluding hydrogens is 598 g/mol. The van der Waals surface area contributed by atoms with Gasteiger partial charge in [-0.2, -0.15) is 4.31 Å². The average Bonchev–Trinajstić information content (AvgIpc) is 3.01. The monoisotopic (exact) mass is 639 g/mol. The minimum Gasteiger partial charge on any atom is -0.422 e. The topological polar surface area (TPSA) is 147 Å². The number of likely N-dealkylation sites (N-methyl/N-ethyl adjacent to an activating group) is 1. The third-order valence-corrected chi connectivity index (χ3v) is 11.2. The fourth-order valence-electron chi connectivity index (χ4n) is 6.19. The van der Waals surface area contributed by atoms with Gasteiger partial charge in [-0.1, -0.05) is 0 Å². The summed E-state index contributed by atoms with van der Waals surface area (Å²) in [6.07, 6.45) is 0.424. The summed E-state index contributed by atoms with van der Waals surface area (Å²) in [4.78, 5) is 44.9. The molecule has 1 saturated heterocycles. The standard InChI is InChI=1S/C32H41N5O7S/c1-19(2)35(5)45(41,42)28-15-21(7-8-25(28)30(33)38)31(39)37-12-11-23-24-9-10-27(20(3)29(24)44-32(40)26(23)17-37)36-14-13-34(4)22(16-36)18-43-6/h7-10,15,19,22H,11-14,16-18H2,1-6H3,(H2,33,38)/t22-/m1/s1. The Kier molecular flexibility index (Phi) is 9.09. The maximum absolute atomic E-state index is 13.7. The van der Waals surface area contributed by atoms with Gasteiger partial charge < -0.3 is 24.7 Å². The van der Waals surface area contributed by atoms with Gasteiger partial charge in [0.05, 0.1) is 35.2 Å². The summed E-state index contributed by atoms with van der Waals surface area (Å²) in [5, 5.41) is 0.844. The highest BCUT2D eigenvalue weighted by molar-refractivity contribution is 7.89. The number of amides is 2. The molecule has 1 fully saturated rings. The van der Waals surface area contributed by atoms with E-state index >= 15 is 0 Å². The highest BCUT2D eigenvalue weighted by atomic mass is 32.2. The molecule has 2 aliphatic rings. The van der Waals surface area contributed by atoms with Crippen molar-refractivity contribution in [1.82, 2.24) is 14.1 Å². The molecule has 0 spiro atoms. The zero-order chi connectivity index (χ0) is 32.8. The number of anilines is 1. The minimum absolute atomic E-state index is 0.00987. The van der Waals surface area contributed by atoms with E-state index in [0.717, 1.165) is 46.1 Å². The largest absolute Gasteiger partial charge is 0.422 e. The van der Waals surface area contributed by atoms with Gasteiger partial charge in [0.15, 0.2) is 0 Å². The quantitative estimate of drug-likeness (QED) is 0.367. The van der Waals surface area contributed by atoms with E-state index in [1.54, 1.807) is 21.0 Å². The fraction of sp³-hybridized carbons (Fsp3) is 0.469. The molecule has 0 aliphatic carbocycles. The van der Waals surface area contributed by atoms with E-state index in [9.17, 15) is 22.8 Å². The van der Waals surface area contributed by atoms with E-state index in [1.807, 2.05) is 13.0 Å². The van der Waals surface area contributed by atoms with Crippen LogP contribution in [0.25, 0.3) is 11.0 Å². The Morgan fingerprint density at radius 1 is 1.13 bits per heavy atom. The number of carbonyl (C=O) groups is 2. The number of carbonyl (C=O) groups excluding carboxylic acids is 2. The molecule has 3 heterocycles.